The predicted octanol–water partition coefficient (Wildman–Crippen LogP) is 2.94. The Bertz CT molecular complexity index is 479. The average molecular weight is 280 g/mol. The summed E-state index contributed by atoms with van der Waals surface area (Å²) in [7, 11) is 0. The number of nitrogen functional groups attached to an aromatic ring is 1. The molecule has 1 amide bonds. The largest absolute Gasteiger partial charge is 0.399 e. The molecule has 0 bridgehead atoms. The van der Waals surface area contributed by atoms with Crippen molar-refractivity contribution in [2.75, 3.05) is 17.7 Å². The van der Waals surface area contributed by atoms with Crippen LogP contribution in [-0.2, 0) is 9.53 Å². The van der Waals surface area contributed by atoms with Gasteiger partial charge in [-0.15, -0.1) is 0 Å². The molecule has 0 aromatic heterocycles. The van der Waals surface area contributed by atoms with Crippen LogP contribution in [0.3, 0.4) is 0 Å². The Hall–Kier alpha value is -1.62. The molecule has 1 aliphatic rings. The van der Waals surface area contributed by atoms with Gasteiger partial charge in [0.15, 0.2) is 0 Å². The van der Waals surface area contributed by atoms with E-state index in [9.17, 15) is 9.18 Å². The van der Waals surface area contributed by atoms with Crippen LogP contribution in [0, 0.1) is 11.7 Å². The van der Waals surface area contributed by atoms with Crippen molar-refractivity contribution < 1.29 is 13.9 Å². The number of nitrogens with two attached hydrogens (primary N) is 1. The fraction of sp³-hybridized carbons (Fsp3) is 0.533. The molecule has 1 saturated carbocycles. The first-order valence-corrected chi connectivity index (χ1v) is 7.02. The molecule has 2 unspecified atom stereocenters. The van der Waals surface area contributed by atoms with Gasteiger partial charge >= 0.3 is 0 Å². The van der Waals surface area contributed by atoms with Crippen LogP contribution >= 0.6 is 0 Å². The van der Waals surface area contributed by atoms with Gasteiger partial charge in [0.2, 0.25) is 5.91 Å². The molecule has 5 heteroatoms. The SMILES string of the molecule is CC1CCCCC1OCC(=O)Nc1cc(N)ccc1F. The third-order valence-electron chi connectivity index (χ3n) is 3.73. The highest BCUT2D eigenvalue weighted by Gasteiger charge is 2.22. The topological polar surface area (TPSA) is 64.3 Å². The predicted molar refractivity (Wildman–Crippen MR) is 76.8 cm³/mol. The van der Waals surface area contributed by atoms with E-state index in [1.165, 1.54) is 24.6 Å². The molecule has 2 rings (SSSR count). The lowest BCUT2D eigenvalue weighted by atomic mass is 9.88. The monoisotopic (exact) mass is 280 g/mol. The minimum atomic E-state index is -0.501. The van der Waals surface area contributed by atoms with E-state index in [-0.39, 0.29) is 24.3 Å². The maximum Gasteiger partial charge on any atom is 0.250 e. The van der Waals surface area contributed by atoms with Crippen LogP contribution in [0.2, 0.25) is 0 Å². The molecule has 0 spiro atoms. The minimum Gasteiger partial charge on any atom is -0.399 e. The second-order valence-corrected chi connectivity index (χ2v) is 5.40. The molecule has 1 aliphatic carbocycles. The fourth-order valence-corrected chi connectivity index (χ4v) is 2.54. The summed E-state index contributed by atoms with van der Waals surface area (Å²) in [5.41, 5.74) is 6.06. The molecule has 4 nitrogen and oxygen atoms in total. The van der Waals surface area contributed by atoms with Gasteiger partial charge in [-0.25, -0.2) is 4.39 Å². The van der Waals surface area contributed by atoms with E-state index in [1.54, 1.807) is 0 Å². The molecule has 1 aromatic rings. The molecule has 2 atom stereocenters. The van der Waals surface area contributed by atoms with Crippen molar-refractivity contribution in [2.45, 2.75) is 38.7 Å². The standard InChI is InChI=1S/C15H21FN2O2/c1-10-4-2-3-5-14(10)20-9-15(19)18-13-8-11(17)6-7-12(13)16/h6-8,10,14H,2-5,9,17H2,1H3,(H,18,19). The summed E-state index contributed by atoms with van der Waals surface area (Å²) in [6.07, 6.45) is 4.61. The minimum absolute atomic E-state index is 0.0523. The number of halogens is 1. The molecular formula is C15H21FN2O2. The third kappa shape index (κ3) is 3.93. The second-order valence-electron chi connectivity index (χ2n) is 5.40. The maximum absolute atomic E-state index is 13.5. The molecule has 1 aromatic carbocycles. The van der Waals surface area contributed by atoms with E-state index >= 15 is 0 Å². The summed E-state index contributed by atoms with van der Waals surface area (Å²) in [6, 6.07) is 4.08. The summed E-state index contributed by atoms with van der Waals surface area (Å²) in [4.78, 5) is 11.8. The van der Waals surface area contributed by atoms with Crippen molar-refractivity contribution in [1.82, 2.24) is 0 Å². The summed E-state index contributed by atoms with van der Waals surface area (Å²) < 4.78 is 19.1. The summed E-state index contributed by atoms with van der Waals surface area (Å²) >= 11 is 0. The van der Waals surface area contributed by atoms with E-state index in [4.69, 9.17) is 10.5 Å². The molecule has 0 radical (unpaired) electrons. The van der Waals surface area contributed by atoms with Gasteiger partial charge in [0.05, 0.1) is 11.8 Å². The van der Waals surface area contributed by atoms with Crippen molar-refractivity contribution in [2.24, 2.45) is 5.92 Å². The molecular weight excluding hydrogens is 259 g/mol. The fourth-order valence-electron chi connectivity index (χ4n) is 2.54. The number of ether oxygens (including phenoxy) is 1. The Kier molecular flexibility index (Phi) is 4.95. The highest BCUT2D eigenvalue weighted by molar-refractivity contribution is 5.92. The van der Waals surface area contributed by atoms with Crippen molar-refractivity contribution in [3.8, 4) is 0 Å². The number of nitrogens with one attached hydrogen (secondary N) is 1. The molecule has 1 fully saturated rings. The number of rotatable bonds is 4. The van der Waals surface area contributed by atoms with Gasteiger partial charge in [0.25, 0.3) is 0 Å². The molecule has 20 heavy (non-hydrogen) atoms. The first kappa shape index (κ1) is 14.8. The number of benzene rings is 1. The highest BCUT2D eigenvalue weighted by atomic mass is 19.1. The smallest absolute Gasteiger partial charge is 0.250 e. The van der Waals surface area contributed by atoms with E-state index in [0.717, 1.165) is 19.3 Å². The van der Waals surface area contributed by atoms with E-state index < -0.39 is 5.82 Å². The van der Waals surface area contributed by atoms with Crippen LogP contribution in [0.15, 0.2) is 18.2 Å². The van der Waals surface area contributed by atoms with Crippen molar-refractivity contribution in [3.63, 3.8) is 0 Å². The number of anilines is 2. The molecule has 110 valence electrons. The van der Waals surface area contributed by atoms with Gasteiger partial charge in [-0.2, -0.15) is 0 Å². The Morgan fingerprint density at radius 2 is 2.20 bits per heavy atom. The van der Waals surface area contributed by atoms with Gasteiger partial charge in [-0.05, 0) is 37.0 Å². The summed E-state index contributed by atoms with van der Waals surface area (Å²) in [5.74, 6) is -0.383. The molecule has 3 N–H and O–H groups in total. The number of hydrogen-bond donors (Lipinski definition) is 2. The Morgan fingerprint density at radius 1 is 1.45 bits per heavy atom. The van der Waals surface area contributed by atoms with Gasteiger partial charge in [0.1, 0.15) is 12.4 Å². The van der Waals surface area contributed by atoms with Gasteiger partial charge in [-0.1, -0.05) is 19.8 Å². The van der Waals surface area contributed by atoms with Crippen LogP contribution in [0.4, 0.5) is 15.8 Å². The first-order valence-electron chi connectivity index (χ1n) is 7.02. The Balaban J connectivity index is 1.84. The highest BCUT2D eigenvalue weighted by Crippen LogP contribution is 2.26. The van der Waals surface area contributed by atoms with Crippen molar-refractivity contribution in [1.29, 1.82) is 0 Å². The quantitative estimate of drug-likeness (QED) is 0.833. The van der Waals surface area contributed by atoms with Crippen LogP contribution in [0.5, 0.6) is 0 Å². The summed E-state index contributed by atoms with van der Waals surface area (Å²) in [6.45, 7) is 2.09. The lowest BCUT2D eigenvalue weighted by molar-refractivity contribution is -0.124. The number of carbonyl (C=O) groups is 1. The lowest BCUT2D eigenvalue weighted by Crippen LogP contribution is -2.30. The van der Waals surface area contributed by atoms with E-state index in [0.29, 0.717) is 11.6 Å². The van der Waals surface area contributed by atoms with Crippen molar-refractivity contribution >= 4 is 17.3 Å². The normalized spacial score (nSPS) is 22.5. The average Bonchev–Trinajstić information content (AvgIpc) is 2.42. The van der Waals surface area contributed by atoms with Gasteiger partial charge in [-0.3, -0.25) is 4.79 Å². The number of carbonyl (C=O) groups excluding carboxylic acids is 1. The second kappa shape index (κ2) is 6.70. The number of hydrogen-bond acceptors (Lipinski definition) is 3. The van der Waals surface area contributed by atoms with Gasteiger partial charge in [0, 0.05) is 5.69 Å². The van der Waals surface area contributed by atoms with Crippen LogP contribution in [0.1, 0.15) is 32.6 Å². The van der Waals surface area contributed by atoms with Crippen LogP contribution in [-0.4, -0.2) is 18.6 Å². The third-order valence-corrected chi connectivity index (χ3v) is 3.73. The molecule has 0 heterocycles. The van der Waals surface area contributed by atoms with Gasteiger partial charge < -0.3 is 15.8 Å². The first-order chi connectivity index (χ1) is 9.56. The van der Waals surface area contributed by atoms with E-state index in [1.807, 2.05) is 0 Å². The number of amides is 1. The zero-order valence-electron chi connectivity index (χ0n) is 11.7. The molecule has 0 aliphatic heterocycles. The molecule has 0 saturated heterocycles. The maximum atomic E-state index is 13.5. The lowest BCUT2D eigenvalue weighted by Gasteiger charge is -2.28. The summed E-state index contributed by atoms with van der Waals surface area (Å²) in [5, 5.41) is 2.49. The zero-order valence-corrected chi connectivity index (χ0v) is 11.7. The van der Waals surface area contributed by atoms with Crippen molar-refractivity contribution in [3.05, 3.63) is 24.0 Å². The van der Waals surface area contributed by atoms with E-state index in [2.05, 4.69) is 12.2 Å². The van der Waals surface area contributed by atoms with Crippen LogP contribution in [0.25, 0.3) is 0 Å². The zero-order chi connectivity index (χ0) is 14.5. The Labute approximate surface area is 118 Å². The Morgan fingerprint density at radius 3 is 2.95 bits per heavy atom. The van der Waals surface area contributed by atoms with Crippen LogP contribution < -0.4 is 11.1 Å².